The molecule has 2 saturated heterocycles. The van der Waals surface area contributed by atoms with E-state index in [9.17, 15) is 4.79 Å². The number of hydrogen-bond donors (Lipinski definition) is 1. The van der Waals surface area contributed by atoms with E-state index in [1.807, 2.05) is 0 Å². The fraction of sp³-hybridized carbons (Fsp3) is 0.517. The molecule has 4 unspecified atom stereocenters. The number of nitrogens with one attached hydrogen (secondary N) is 1. The second-order valence-electron chi connectivity index (χ2n) is 10.8. The highest BCUT2D eigenvalue weighted by molar-refractivity contribution is 5.81. The van der Waals surface area contributed by atoms with Gasteiger partial charge in [0, 0.05) is 30.6 Å². The van der Waals surface area contributed by atoms with Crippen molar-refractivity contribution in [3.63, 3.8) is 0 Å². The molecule has 1 saturated carbocycles. The summed E-state index contributed by atoms with van der Waals surface area (Å²) in [4.78, 5) is 20.4. The van der Waals surface area contributed by atoms with Gasteiger partial charge in [0.05, 0.1) is 17.1 Å². The number of aromatic nitrogens is 2. The Kier molecular flexibility index (Phi) is 5.68. The van der Waals surface area contributed by atoms with Crippen LogP contribution in [0.15, 0.2) is 54.6 Å². The molecule has 3 aromatic rings. The molecule has 3 fully saturated rings. The standard InChI is InChI=1S/C29H36N4O/c1-19-16-25(19)29(34)31-26(21-8-4-3-5-9-21)14-15-32-22-12-13-23(32)18-24(17-22)33-20(2)30-27-10-6-7-11-28(27)33/h3-11,19,22-26H,12-18H2,1-2H3,(H,31,34)/t19?,22?,23?,24?,25?,26-/m0/s1. The number of fused-ring (bicyclic) bond motifs is 3. The lowest BCUT2D eigenvalue weighted by molar-refractivity contribution is -0.123. The molecule has 2 aliphatic heterocycles. The first-order valence-electron chi connectivity index (χ1n) is 13.1. The van der Waals surface area contributed by atoms with E-state index in [4.69, 9.17) is 4.98 Å². The van der Waals surface area contributed by atoms with Crippen LogP contribution in [0.2, 0.25) is 0 Å². The molecule has 1 aromatic heterocycles. The molecular formula is C29H36N4O. The second-order valence-corrected chi connectivity index (χ2v) is 10.8. The van der Waals surface area contributed by atoms with Gasteiger partial charge in [0.2, 0.25) is 5.91 Å². The number of carbonyl (C=O) groups is 1. The second kappa shape index (κ2) is 8.84. The summed E-state index contributed by atoms with van der Waals surface area (Å²) in [6.07, 6.45) is 6.97. The average Bonchev–Trinajstić information content (AvgIpc) is 3.42. The van der Waals surface area contributed by atoms with Gasteiger partial charge in [-0.25, -0.2) is 4.98 Å². The number of nitrogens with zero attached hydrogens (tertiary/aromatic N) is 3. The number of aryl methyl sites for hydroxylation is 1. The van der Waals surface area contributed by atoms with E-state index in [0.717, 1.165) is 30.7 Å². The van der Waals surface area contributed by atoms with E-state index in [2.05, 4.69) is 83.2 Å². The number of carbonyl (C=O) groups excluding carboxylic acids is 1. The molecule has 5 nitrogen and oxygen atoms in total. The smallest absolute Gasteiger partial charge is 0.223 e. The molecule has 2 bridgehead atoms. The molecule has 34 heavy (non-hydrogen) atoms. The third-order valence-electron chi connectivity index (χ3n) is 8.64. The summed E-state index contributed by atoms with van der Waals surface area (Å²) in [6.45, 7) is 5.38. The summed E-state index contributed by atoms with van der Waals surface area (Å²) in [5, 5.41) is 3.40. The maximum atomic E-state index is 12.8. The van der Waals surface area contributed by atoms with E-state index in [1.54, 1.807) is 0 Å². The van der Waals surface area contributed by atoms with Gasteiger partial charge in [-0.05, 0) is 69.1 Å². The van der Waals surface area contributed by atoms with Crippen LogP contribution in [0.5, 0.6) is 0 Å². The van der Waals surface area contributed by atoms with Gasteiger partial charge in [-0.15, -0.1) is 0 Å². The Morgan fingerprint density at radius 3 is 2.38 bits per heavy atom. The van der Waals surface area contributed by atoms with Gasteiger partial charge in [0.25, 0.3) is 0 Å². The van der Waals surface area contributed by atoms with Crippen molar-refractivity contribution in [2.45, 2.75) is 76.5 Å². The zero-order chi connectivity index (χ0) is 23.2. The highest BCUT2D eigenvalue weighted by atomic mass is 16.2. The molecule has 1 aliphatic carbocycles. The first kappa shape index (κ1) is 21.8. The molecule has 0 radical (unpaired) electrons. The summed E-state index contributed by atoms with van der Waals surface area (Å²) in [7, 11) is 0. The highest BCUT2D eigenvalue weighted by Crippen LogP contribution is 2.43. The third kappa shape index (κ3) is 4.04. The minimum atomic E-state index is 0.0958. The highest BCUT2D eigenvalue weighted by Gasteiger charge is 2.42. The Balaban J connectivity index is 1.15. The van der Waals surface area contributed by atoms with E-state index in [0.29, 0.717) is 24.0 Å². The number of rotatable bonds is 7. The fourth-order valence-electron chi connectivity index (χ4n) is 6.70. The summed E-state index contributed by atoms with van der Waals surface area (Å²) >= 11 is 0. The topological polar surface area (TPSA) is 50.2 Å². The van der Waals surface area contributed by atoms with Gasteiger partial charge in [0.15, 0.2) is 0 Å². The number of para-hydroxylation sites is 2. The summed E-state index contributed by atoms with van der Waals surface area (Å²) < 4.78 is 2.50. The number of benzene rings is 2. The molecule has 3 heterocycles. The van der Waals surface area contributed by atoms with Crippen LogP contribution in [0, 0.1) is 18.8 Å². The monoisotopic (exact) mass is 456 g/mol. The van der Waals surface area contributed by atoms with Crippen molar-refractivity contribution in [2.24, 2.45) is 11.8 Å². The predicted octanol–water partition coefficient (Wildman–Crippen LogP) is 5.42. The van der Waals surface area contributed by atoms with Crippen molar-refractivity contribution in [1.29, 1.82) is 0 Å². The van der Waals surface area contributed by atoms with Crippen LogP contribution in [-0.2, 0) is 4.79 Å². The number of piperidine rings is 1. The lowest BCUT2D eigenvalue weighted by Crippen LogP contribution is -2.45. The van der Waals surface area contributed by atoms with Gasteiger partial charge >= 0.3 is 0 Å². The Hall–Kier alpha value is -2.66. The summed E-state index contributed by atoms with van der Waals surface area (Å²) in [5.74, 6) is 2.13. The van der Waals surface area contributed by atoms with Crippen LogP contribution < -0.4 is 5.32 Å². The Morgan fingerprint density at radius 1 is 1.00 bits per heavy atom. The summed E-state index contributed by atoms with van der Waals surface area (Å²) in [5.41, 5.74) is 3.62. The average molecular weight is 457 g/mol. The van der Waals surface area contributed by atoms with Crippen molar-refractivity contribution >= 4 is 16.9 Å². The van der Waals surface area contributed by atoms with Crippen molar-refractivity contribution in [2.75, 3.05) is 6.54 Å². The normalized spacial score (nSPS) is 29.3. The molecule has 5 atom stereocenters. The molecule has 3 aliphatic rings. The summed E-state index contributed by atoms with van der Waals surface area (Å²) in [6, 6.07) is 21.0. The lowest BCUT2D eigenvalue weighted by atomic mass is 9.95. The predicted molar refractivity (Wildman–Crippen MR) is 135 cm³/mol. The number of imidazole rings is 1. The van der Waals surface area contributed by atoms with E-state index >= 15 is 0 Å². The molecule has 178 valence electrons. The Labute approximate surface area is 202 Å². The zero-order valence-corrected chi connectivity index (χ0v) is 20.4. The van der Waals surface area contributed by atoms with Gasteiger partial charge in [-0.1, -0.05) is 49.4 Å². The first-order valence-corrected chi connectivity index (χ1v) is 13.1. The SMILES string of the molecule is Cc1nc2ccccc2n1C1CC2CCC(C1)N2CC[C@H](NC(=O)C1CC1C)c1ccccc1. The van der Waals surface area contributed by atoms with Crippen molar-refractivity contribution < 1.29 is 4.79 Å². The minimum absolute atomic E-state index is 0.0958. The number of amides is 1. The molecule has 2 aromatic carbocycles. The molecule has 6 rings (SSSR count). The van der Waals surface area contributed by atoms with Crippen LogP contribution in [0.4, 0.5) is 0 Å². The maximum Gasteiger partial charge on any atom is 0.223 e. The van der Waals surface area contributed by atoms with E-state index in [-0.39, 0.29) is 17.9 Å². The van der Waals surface area contributed by atoms with E-state index in [1.165, 1.54) is 36.8 Å². The molecule has 5 heteroatoms. The largest absolute Gasteiger partial charge is 0.349 e. The van der Waals surface area contributed by atoms with Gasteiger partial charge in [0.1, 0.15) is 5.82 Å². The van der Waals surface area contributed by atoms with Crippen LogP contribution in [0.3, 0.4) is 0 Å². The van der Waals surface area contributed by atoms with Crippen molar-refractivity contribution in [3.05, 3.63) is 66.0 Å². The third-order valence-corrected chi connectivity index (χ3v) is 8.64. The lowest BCUT2D eigenvalue weighted by Gasteiger charge is -2.40. The van der Waals surface area contributed by atoms with Crippen LogP contribution >= 0.6 is 0 Å². The van der Waals surface area contributed by atoms with Crippen molar-refractivity contribution in [1.82, 2.24) is 19.8 Å². The van der Waals surface area contributed by atoms with Crippen molar-refractivity contribution in [3.8, 4) is 0 Å². The zero-order valence-electron chi connectivity index (χ0n) is 20.4. The van der Waals surface area contributed by atoms with Crippen LogP contribution in [-0.4, -0.2) is 39.0 Å². The van der Waals surface area contributed by atoms with Gasteiger partial charge in [-0.2, -0.15) is 0 Å². The Bertz CT molecular complexity index is 1160. The number of hydrogen-bond acceptors (Lipinski definition) is 3. The van der Waals surface area contributed by atoms with Crippen LogP contribution in [0.25, 0.3) is 11.0 Å². The Morgan fingerprint density at radius 2 is 1.68 bits per heavy atom. The fourth-order valence-corrected chi connectivity index (χ4v) is 6.70. The van der Waals surface area contributed by atoms with Gasteiger partial charge < -0.3 is 9.88 Å². The molecule has 1 N–H and O–H groups in total. The molecular weight excluding hydrogens is 420 g/mol. The minimum Gasteiger partial charge on any atom is -0.349 e. The maximum absolute atomic E-state index is 12.8. The van der Waals surface area contributed by atoms with Gasteiger partial charge in [-0.3, -0.25) is 9.69 Å². The quantitative estimate of drug-likeness (QED) is 0.517. The van der Waals surface area contributed by atoms with Crippen LogP contribution in [0.1, 0.15) is 68.9 Å². The molecule has 0 spiro atoms. The first-order chi connectivity index (χ1) is 16.6. The van der Waals surface area contributed by atoms with E-state index < -0.39 is 0 Å². The molecule has 1 amide bonds.